The van der Waals surface area contributed by atoms with Crippen molar-refractivity contribution in [2.24, 2.45) is 10.7 Å². The van der Waals surface area contributed by atoms with Crippen molar-refractivity contribution in [1.82, 2.24) is 5.32 Å². The zero-order valence-electron chi connectivity index (χ0n) is 17.7. The number of hydrogen-bond acceptors (Lipinski definition) is 3. The van der Waals surface area contributed by atoms with Crippen molar-refractivity contribution in [3.63, 3.8) is 0 Å². The van der Waals surface area contributed by atoms with Gasteiger partial charge in [-0.05, 0) is 60.0 Å². The van der Waals surface area contributed by atoms with Crippen molar-refractivity contribution in [2.75, 3.05) is 19.0 Å². The Morgan fingerprint density at radius 2 is 1.78 bits per heavy atom. The maximum atomic E-state index is 13.3. The number of aliphatic imine (C=N–C) groups is 1. The molecule has 0 heterocycles. The smallest absolute Gasteiger partial charge is 0.255 e. The third-order valence-electron chi connectivity index (χ3n) is 4.58. The Morgan fingerprint density at radius 3 is 2.50 bits per heavy atom. The Morgan fingerprint density at radius 1 is 1.03 bits per heavy atom. The van der Waals surface area contributed by atoms with Crippen LogP contribution in [0.2, 0.25) is 0 Å². The van der Waals surface area contributed by atoms with E-state index >= 15 is 0 Å². The van der Waals surface area contributed by atoms with Crippen molar-refractivity contribution >= 4 is 41.5 Å². The second-order valence-corrected chi connectivity index (χ2v) is 6.89. The van der Waals surface area contributed by atoms with E-state index in [1.165, 1.54) is 23.8 Å². The molecule has 1 amide bonds. The Balaban J connectivity index is 0.00000363. The van der Waals surface area contributed by atoms with Gasteiger partial charge in [-0.15, -0.1) is 24.0 Å². The lowest BCUT2D eigenvalue weighted by atomic mass is 10.1. The second kappa shape index (κ2) is 12.7. The van der Waals surface area contributed by atoms with E-state index < -0.39 is 5.82 Å². The topological polar surface area (TPSA) is 88.7 Å². The van der Waals surface area contributed by atoms with Crippen LogP contribution >= 0.6 is 24.0 Å². The van der Waals surface area contributed by atoms with E-state index in [-0.39, 0.29) is 35.4 Å². The Bertz CT molecular complexity index is 1060. The molecule has 0 spiro atoms. The van der Waals surface area contributed by atoms with Crippen LogP contribution in [0.5, 0.6) is 5.75 Å². The molecule has 0 saturated heterocycles. The summed E-state index contributed by atoms with van der Waals surface area (Å²) >= 11 is 0. The Kier molecular flexibility index (Phi) is 9.93. The van der Waals surface area contributed by atoms with Crippen LogP contribution in [0, 0.1) is 5.82 Å². The first-order chi connectivity index (χ1) is 15.0. The molecule has 0 radical (unpaired) electrons. The fourth-order valence-corrected chi connectivity index (χ4v) is 2.94. The summed E-state index contributed by atoms with van der Waals surface area (Å²) in [4.78, 5) is 16.6. The van der Waals surface area contributed by atoms with Crippen LogP contribution in [0.15, 0.2) is 77.8 Å². The van der Waals surface area contributed by atoms with Crippen LogP contribution < -0.4 is 21.1 Å². The number of nitrogens with two attached hydrogens (primary N) is 1. The summed E-state index contributed by atoms with van der Waals surface area (Å²) in [6, 6.07) is 20.7. The largest absolute Gasteiger partial charge is 0.497 e. The highest BCUT2D eigenvalue weighted by atomic mass is 127. The zero-order valence-corrected chi connectivity index (χ0v) is 20.0. The lowest BCUT2D eigenvalue weighted by Crippen LogP contribution is -2.33. The summed E-state index contributed by atoms with van der Waals surface area (Å²) in [6.07, 6.45) is 0.807. The molecule has 6 nitrogen and oxygen atoms in total. The number of methoxy groups -OCH3 is 1. The summed E-state index contributed by atoms with van der Waals surface area (Å²) in [5.74, 6) is 0.348. The standard InChI is InChI=1S/C24H25FN4O2.HI/c1-31-22-10-8-17(9-11-22)12-13-27-24(26)28-16-18-4-2-7-21(14-18)29-23(30)19-5-3-6-20(25)15-19;/h2-11,14-15H,12-13,16H2,1H3,(H,29,30)(H3,26,27,28);1H. The van der Waals surface area contributed by atoms with Gasteiger partial charge in [-0.1, -0.05) is 30.3 Å². The van der Waals surface area contributed by atoms with Gasteiger partial charge in [0.05, 0.1) is 13.7 Å². The number of halogens is 2. The van der Waals surface area contributed by atoms with Crippen LogP contribution in [0.4, 0.5) is 10.1 Å². The molecule has 0 aromatic heterocycles. The van der Waals surface area contributed by atoms with Gasteiger partial charge < -0.3 is 21.1 Å². The molecular weight excluding hydrogens is 522 g/mol. The predicted molar refractivity (Wildman–Crippen MR) is 136 cm³/mol. The third kappa shape index (κ3) is 7.84. The molecule has 0 fully saturated rings. The van der Waals surface area contributed by atoms with Crippen LogP contribution in [-0.2, 0) is 13.0 Å². The molecule has 3 aromatic carbocycles. The highest BCUT2D eigenvalue weighted by Crippen LogP contribution is 2.14. The molecule has 4 N–H and O–H groups in total. The number of amides is 1. The molecule has 32 heavy (non-hydrogen) atoms. The normalized spacial score (nSPS) is 10.8. The van der Waals surface area contributed by atoms with Crippen molar-refractivity contribution in [3.8, 4) is 5.75 Å². The van der Waals surface area contributed by atoms with Gasteiger partial charge in [0.15, 0.2) is 5.96 Å². The van der Waals surface area contributed by atoms with E-state index in [0.717, 1.165) is 17.7 Å². The number of ether oxygens (including phenoxy) is 1. The van der Waals surface area contributed by atoms with Gasteiger partial charge >= 0.3 is 0 Å². The molecule has 3 rings (SSSR count). The van der Waals surface area contributed by atoms with Crippen molar-refractivity contribution in [1.29, 1.82) is 0 Å². The van der Waals surface area contributed by atoms with Gasteiger partial charge in [0.25, 0.3) is 5.91 Å². The molecule has 0 bridgehead atoms. The van der Waals surface area contributed by atoms with E-state index in [1.54, 1.807) is 19.2 Å². The highest BCUT2D eigenvalue weighted by molar-refractivity contribution is 14.0. The lowest BCUT2D eigenvalue weighted by molar-refractivity contribution is 0.102. The number of benzene rings is 3. The van der Waals surface area contributed by atoms with Crippen LogP contribution in [-0.4, -0.2) is 25.5 Å². The molecule has 0 saturated carbocycles. The molecule has 8 heteroatoms. The van der Waals surface area contributed by atoms with E-state index in [0.29, 0.717) is 24.7 Å². The first-order valence-corrected chi connectivity index (χ1v) is 9.86. The van der Waals surface area contributed by atoms with E-state index in [4.69, 9.17) is 10.5 Å². The monoisotopic (exact) mass is 548 g/mol. The van der Waals surface area contributed by atoms with Crippen LogP contribution in [0.1, 0.15) is 21.5 Å². The average Bonchev–Trinajstić information content (AvgIpc) is 2.78. The maximum Gasteiger partial charge on any atom is 0.255 e. The van der Waals surface area contributed by atoms with Gasteiger partial charge in [0, 0.05) is 17.8 Å². The molecule has 3 aromatic rings. The number of carbonyl (C=O) groups excluding carboxylic acids is 1. The minimum absolute atomic E-state index is 0. The lowest BCUT2D eigenvalue weighted by Gasteiger charge is -2.08. The van der Waals surface area contributed by atoms with Gasteiger partial charge in [0.1, 0.15) is 11.6 Å². The van der Waals surface area contributed by atoms with Crippen LogP contribution in [0.3, 0.4) is 0 Å². The summed E-state index contributed by atoms with van der Waals surface area (Å²) in [6.45, 7) is 1.02. The zero-order chi connectivity index (χ0) is 22.1. The average molecular weight is 548 g/mol. The molecule has 0 unspecified atom stereocenters. The fraction of sp³-hybridized carbons (Fsp3) is 0.167. The van der Waals surface area contributed by atoms with Crippen molar-refractivity contribution in [2.45, 2.75) is 13.0 Å². The van der Waals surface area contributed by atoms with E-state index in [2.05, 4.69) is 15.6 Å². The molecule has 0 aliphatic carbocycles. The SMILES string of the molecule is COc1ccc(CCNC(N)=NCc2cccc(NC(=O)c3cccc(F)c3)c2)cc1.I. The Hall–Kier alpha value is -3.14. The molecule has 168 valence electrons. The van der Waals surface area contributed by atoms with Gasteiger partial charge in [-0.25, -0.2) is 9.38 Å². The third-order valence-corrected chi connectivity index (χ3v) is 4.58. The first-order valence-electron chi connectivity index (χ1n) is 9.86. The molecular formula is C24H26FIN4O2. The summed E-state index contributed by atoms with van der Waals surface area (Å²) < 4.78 is 18.5. The second-order valence-electron chi connectivity index (χ2n) is 6.89. The number of hydrogen-bond donors (Lipinski definition) is 3. The number of guanidine groups is 1. The quantitative estimate of drug-likeness (QED) is 0.222. The number of nitrogens with zero attached hydrogens (tertiary/aromatic N) is 1. The fourth-order valence-electron chi connectivity index (χ4n) is 2.94. The molecule has 0 aliphatic heterocycles. The number of nitrogens with one attached hydrogen (secondary N) is 2. The molecule has 0 atom stereocenters. The van der Waals surface area contributed by atoms with Crippen molar-refractivity contribution in [3.05, 3.63) is 95.3 Å². The van der Waals surface area contributed by atoms with E-state index in [1.807, 2.05) is 42.5 Å². The maximum absolute atomic E-state index is 13.3. The molecule has 0 aliphatic rings. The summed E-state index contributed by atoms with van der Waals surface area (Å²) in [7, 11) is 1.64. The summed E-state index contributed by atoms with van der Waals surface area (Å²) in [5, 5.41) is 5.86. The van der Waals surface area contributed by atoms with Crippen LogP contribution in [0.25, 0.3) is 0 Å². The number of carbonyl (C=O) groups is 1. The summed E-state index contributed by atoms with van der Waals surface area (Å²) in [5.41, 5.74) is 8.87. The number of rotatable bonds is 8. The predicted octanol–water partition coefficient (Wildman–Crippen LogP) is 4.35. The van der Waals surface area contributed by atoms with Crippen molar-refractivity contribution < 1.29 is 13.9 Å². The number of anilines is 1. The van der Waals surface area contributed by atoms with E-state index in [9.17, 15) is 9.18 Å². The van der Waals surface area contributed by atoms with Gasteiger partial charge in [-0.3, -0.25) is 4.79 Å². The minimum Gasteiger partial charge on any atom is -0.497 e. The first kappa shape index (κ1) is 25.1. The Labute approximate surface area is 204 Å². The minimum atomic E-state index is -0.453. The van der Waals surface area contributed by atoms with Gasteiger partial charge in [0.2, 0.25) is 0 Å². The highest BCUT2D eigenvalue weighted by Gasteiger charge is 2.07. The van der Waals surface area contributed by atoms with Gasteiger partial charge in [-0.2, -0.15) is 0 Å².